The Morgan fingerprint density at radius 3 is 3.00 bits per heavy atom. The quantitative estimate of drug-likeness (QED) is 0.751. The van der Waals surface area contributed by atoms with Crippen LogP contribution in [0.2, 0.25) is 0 Å². The van der Waals surface area contributed by atoms with E-state index in [1.54, 1.807) is 0 Å². The van der Waals surface area contributed by atoms with Gasteiger partial charge in [-0.1, -0.05) is 19.1 Å². The maximum absolute atomic E-state index is 5.80. The van der Waals surface area contributed by atoms with Gasteiger partial charge in [-0.05, 0) is 30.7 Å². The van der Waals surface area contributed by atoms with Gasteiger partial charge in [-0.15, -0.1) is 0 Å². The molecule has 0 amide bonds. The van der Waals surface area contributed by atoms with Crippen molar-refractivity contribution in [3.05, 3.63) is 48.0 Å². The molecular formula is C16H23N3O. The van der Waals surface area contributed by atoms with Crippen LogP contribution in [-0.4, -0.2) is 22.7 Å². The molecule has 1 aromatic carbocycles. The molecule has 2 rings (SSSR count). The lowest BCUT2D eigenvalue weighted by Crippen LogP contribution is -2.13. The molecule has 0 aliphatic rings. The van der Waals surface area contributed by atoms with E-state index in [-0.39, 0.29) is 0 Å². The minimum Gasteiger partial charge on any atom is -0.493 e. The highest BCUT2D eigenvalue weighted by molar-refractivity contribution is 5.28. The second-order valence-electron chi connectivity index (χ2n) is 4.88. The molecule has 2 aromatic rings. The molecule has 0 atom stereocenters. The molecule has 0 saturated heterocycles. The van der Waals surface area contributed by atoms with Crippen molar-refractivity contribution in [1.82, 2.24) is 14.9 Å². The summed E-state index contributed by atoms with van der Waals surface area (Å²) in [6.45, 7) is 4.76. The van der Waals surface area contributed by atoms with Gasteiger partial charge in [0.2, 0.25) is 0 Å². The monoisotopic (exact) mass is 273 g/mol. The fourth-order valence-electron chi connectivity index (χ4n) is 2.05. The van der Waals surface area contributed by atoms with E-state index in [0.717, 1.165) is 37.5 Å². The predicted molar refractivity (Wildman–Crippen MR) is 80.8 cm³/mol. The first-order valence-corrected chi connectivity index (χ1v) is 7.18. The molecule has 1 aromatic heterocycles. The van der Waals surface area contributed by atoms with Crippen molar-refractivity contribution < 1.29 is 4.74 Å². The Morgan fingerprint density at radius 2 is 2.25 bits per heavy atom. The Balaban J connectivity index is 1.80. The highest BCUT2D eigenvalue weighted by Crippen LogP contribution is 2.13. The van der Waals surface area contributed by atoms with Gasteiger partial charge < -0.3 is 14.6 Å². The van der Waals surface area contributed by atoms with E-state index in [4.69, 9.17) is 4.74 Å². The lowest BCUT2D eigenvalue weighted by Gasteiger charge is -2.09. The summed E-state index contributed by atoms with van der Waals surface area (Å²) in [5.41, 5.74) is 1.26. The second kappa shape index (κ2) is 7.70. The maximum Gasteiger partial charge on any atom is 0.119 e. The van der Waals surface area contributed by atoms with Crippen molar-refractivity contribution in [1.29, 1.82) is 0 Å². The molecule has 1 N–H and O–H groups in total. The lowest BCUT2D eigenvalue weighted by atomic mass is 10.2. The summed E-state index contributed by atoms with van der Waals surface area (Å²) in [4.78, 5) is 4.29. The van der Waals surface area contributed by atoms with Crippen LogP contribution in [0.1, 0.15) is 24.7 Å². The SMILES string of the molecule is CCCNCc1cccc(OCCc2nccn2C)c1. The zero-order chi connectivity index (χ0) is 14.2. The Kier molecular flexibility index (Phi) is 5.62. The van der Waals surface area contributed by atoms with E-state index in [9.17, 15) is 0 Å². The average molecular weight is 273 g/mol. The van der Waals surface area contributed by atoms with Crippen LogP contribution in [0.25, 0.3) is 0 Å². The molecule has 1 heterocycles. The van der Waals surface area contributed by atoms with E-state index in [0.29, 0.717) is 6.61 Å². The summed E-state index contributed by atoms with van der Waals surface area (Å²) in [5.74, 6) is 1.97. The first-order valence-electron chi connectivity index (χ1n) is 7.18. The first-order chi connectivity index (χ1) is 9.79. The molecule has 108 valence electrons. The van der Waals surface area contributed by atoms with Gasteiger partial charge in [-0.3, -0.25) is 0 Å². The number of hydrogen-bond donors (Lipinski definition) is 1. The zero-order valence-electron chi connectivity index (χ0n) is 12.3. The van der Waals surface area contributed by atoms with Crippen molar-refractivity contribution in [2.75, 3.05) is 13.2 Å². The number of aryl methyl sites for hydroxylation is 1. The van der Waals surface area contributed by atoms with Crippen molar-refractivity contribution in [2.45, 2.75) is 26.3 Å². The van der Waals surface area contributed by atoms with Crippen LogP contribution < -0.4 is 10.1 Å². The summed E-state index contributed by atoms with van der Waals surface area (Å²) in [6.07, 6.45) is 5.74. The third-order valence-electron chi connectivity index (χ3n) is 3.17. The first kappa shape index (κ1) is 14.6. The van der Waals surface area contributed by atoms with Gasteiger partial charge >= 0.3 is 0 Å². The summed E-state index contributed by atoms with van der Waals surface area (Å²) >= 11 is 0. The maximum atomic E-state index is 5.80. The van der Waals surface area contributed by atoms with E-state index in [1.165, 1.54) is 5.56 Å². The molecule has 20 heavy (non-hydrogen) atoms. The largest absolute Gasteiger partial charge is 0.493 e. The number of nitrogens with zero attached hydrogens (tertiary/aromatic N) is 2. The third-order valence-corrected chi connectivity index (χ3v) is 3.17. The van der Waals surface area contributed by atoms with Crippen LogP contribution in [0.3, 0.4) is 0 Å². The van der Waals surface area contributed by atoms with Gasteiger partial charge in [0.15, 0.2) is 0 Å². The lowest BCUT2D eigenvalue weighted by molar-refractivity contribution is 0.317. The van der Waals surface area contributed by atoms with Crippen LogP contribution in [0.15, 0.2) is 36.7 Å². The summed E-state index contributed by atoms with van der Waals surface area (Å²) < 4.78 is 7.82. The number of aromatic nitrogens is 2. The van der Waals surface area contributed by atoms with Gasteiger partial charge in [0.05, 0.1) is 6.61 Å². The molecule has 0 spiro atoms. The van der Waals surface area contributed by atoms with E-state index < -0.39 is 0 Å². The smallest absolute Gasteiger partial charge is 0.119 e. The minimum absolute atomic E-state index is 0.649. The van der Waals surface area contributed by atoms with Crippen LogP contribution in [0.4, 0.5) is 0 Å². The topological polar surface area (TPSA) is 39.1 Å². The van der Waals surface area contributed by atoms with Gasteiger partial charge in [-0.2, -0.15) is 0 Å². The van der Waals surface area contributed by atoms with Crippen LogP contribution in [-0.2, 0) is 20.0 Å². The third kappa shape index (κ3) is 4.38. The normalized spacial score (nSPS) is 10.7. The molecule has 0 saturated carbocycles. The van der Waals surface area contributed by atoms with E-state index in [1.807, 2.05) is 36.1 Å². The van der Waals surface area contributed by atoms with Crippen LogP contribution in [0, 0.1) is 0 Å². The Morgan fingerprint density at radius 1 is 1.35 bits per heavy atom. The number of imidazole rings is 1. The van der Waals surface area contributed by atoms with Crippen molar-refractivity contribution >= 4 is 0 Å². The number of benzene rings is 1. The fraction of sp³-hybridized carbons (Fsp3) is 0.438. The molecule has 0 fully saturated rings. The molecule has 0 radical (unpaired) electrons. The van der Waals surface area contributed by atoms with Gasteiger partial charge in [0, 0.05) is 32.4 Å². The van der Waals surface area contributed by atoms with Crippen molar-refractivity contribution in [3.63, 3.8) is 0 Å². The minimum atomic E-state index is 0.649. The number of hydrogen-bond acceptors (Lipinski definition) is 3. The van der Waals surface area contributed by atoms with Gasteiger partial charge in [0.25, 0.3) is 0 Å². The molecule has 0 unspecified atom stereocenters. The Bertz CT molecular complexity index is 522. The fourth-order valence-corrected chi connectivity index (χ4v) is 2.05. The van der Waals surface area contributed by atoms with Crippen LogP contribution >= 0.6 is 0 Å². The number of ether oxygens (including phenoxy) is 1. The molecule has 0 aliphatic carbocycles. The summed E-state index contributed by atoms with van der Waals surface area (Å²) in [6, 6.07) is 8.26. The standard InChI is InChI=1S/C16H23N3O/c1-3-8-17-13-14-5-4-6-15(12-14)20-11-7-16-18-9-10-19(16)2/h4-6,9-10,12,17H,3,7-8,11,13H2,1-2H3. The Labute approximate surface area is 120 Å². The molecule has 4 heteroatoms. The highest BCUT2D eigenvalue weighted by Gasteiger charge is 2.01. The predicted octanol–water partition coefficient (Wildman–Crippen LogP) is 2.54. The second-order valence-corrected chi connectivity index (χ2v) is 4.88. The zero-order valence-corrected chi connectivity index (χ0v) is 12.3. The van der Waals surface area contributed by atoms with Crippen molar-refractivity contribution in [3.8, 4) is 5.75 Å². The highest BCUT2D eigenvalue weighted by atomic mass is 16.5. The number of nitrogens with one attached hydrogen (secondary N) is 1. The van der Waals surface area contributed by atoms with E-state index >= 15 is 0 Å². The molecule has 0 aliphatic heterocycles. The Hall–Kier alpha value is -1.81. The van der Waals surface area contributed by atoms with E-state index in [2.05, 4.69) is 29.4 Å². The molecule has 0 bridgehead atoms. The van der Waals surface area contributed by atoms with Gasteiger partial charge in [0.1, 0.15) is 11.6 Å². The van der Waals surface area contributed by atoms with Gasteiger partial charge in [-0.25, -0.2) is 4.98 Å². The molecule has 4 nitrogen and oxygen atoms in total. The summed E-state index contributed by atoms with van der Waals surface area (Å²) in [7, 11) is 2.00. The number of rotatable bonds is 8. The average Bonchev–Trinajstić information content (AvgIpc) is 2.85. The molecular weight excluding hydrogens is 250 g/mol. The van der Waals surface area contributed by atoms with Crippen molar-refractivity contribution in [2.24, 2.45) is 7.05 Å². The summed E-state index contributed by atoms with van der Waals surface area (Å²) in [5, 5.41) is 3.40. The van der Waals surface area contributed by atoms with Crippen LogP contribution in [0.5, 0.6) is 5.75 Å².